The Hall–Kier alpha value is -1.09. The molecule has 0 amide bonds. The van der Waals surface area contributed by atoms with Gasteiger partial charge < -0.3 is 10.6 Å². The number of pyridine rings is 1. The van der Waals surface area contributed by atoms with Crippen molar-refractivity contribution < 1.29 is 0 Å². The Kier molecular flexibility index (Phi) is 3.15. The summed E-state index contributed by atoms with van der Waals surface area (Å²) in [4.78, 5) is 6.94. The molecule has 3 nitrogen and oxygen atoms in total. The second kappa shape index (κ2) is 4.42. The van der Waals surface area contributed by atoms with E-state index >= 15 is 0 Å². The largest absolute Gasteiger partial charge is 0.356 e. The van der Waals surface area contributed by atoms with Gasteiger partial charge in [-0.25, -0.2) is 4.98 Å². The van der Waals surface area contributed by atoms with Crippen molar-refractivity contribution in [2.75, 3.05) is 18.0 Å². The summed E-state index contributed by atoms with van der Waals surface area (Å²) in [5, 5.41) is 0. The van der Waals surface area contributed by atoms with Crippen LogP contribution in [-0.4, -0.2) is 18.1 Å². The van der Waals surface area contributed by atoms with Crippen molar-refractivity contribution in [3.63, 3.8) is 0 Å². The first-order chi connectivity index (χ1) is 7.61. The molecule has 3 heteroatoms. The molecule has 0 radical (unpaired) electrons. The van der Waals surface area contributed by atoms with Gasteiger partial charge in [-0.15, -0.1) is 0 Å². The van der Waals surface area contributed by atoms with Gasteiger partial charge in [-0.3, -0.25) is 0 Å². The van der Waals surface area contributed by atoms with E-state index in [0.29, 0.717) is 6.54 Å². The fourth-order valence-electron chi connectivity index (χ4n) is 2.37. The van der Waals surface area contributed by atoms with E-state index in [0.717, 1.165) is 36.3 Å². The van der Waals surface area contributed by atoms with E-state index in [1.807, 2.05) is 6.20 Å². The van der Waals surface area contributed by atoms with E-state index in [1.165, 1.54) is 5.56 Å². The monoisotopic (exact) mass is 219 g/mol. The molecule has 0 saturated carbocycles. The Morgan fingerprint density at radius 3 is 2.50 bits per heavy atom. The smallest absolute Gasteiger partial charge is 0.131 e. The molecule has 0 spiro atoms. The molecule has 1 saturated heterocycles. The van der Waals surface area contributed by atoms with Crippen molar-refractivity contribution in [1.29, 1.82) is 0 Å². The van der Waals surface area contributed by atoms with Gasteiger partial charge in [0.05, 0.1) is 0 Å². The summed E-state index contributed by atoms with van der Waals surface area (Å²) < 4.78 is 0. The van der Waals surface area contributed by atoms with Crippen LogP contribution in [0.25, 0.3) is 0 Å². The quantitative estimate of drug-likeness (QED) is 0.826. The second-order valence-electron chi connectivity index (χ2n) is 5.05. The summed E-state index contributed by atoms with van der Waals surface area (Å²) in [7, 11) is 0. The van der Waals surface area contributed by atoms with Gasteiger partial charge in [0.15, 0.2) is 0 Å². The summed E-state index contributed by atoms with van der Waals surface area (Å²) in [6, 6.07) is 2.15. The predicted octanol–water partition coefficient (Wildman–Crippen LogP) is 1.94. The van der Waals surface area contributed by atoms with E-state index in [1.54, 1.807) is 0 Å². The van der Waals surface area contributed by atoms with Crippen LogP contribution in [0.4, 0.5) is 5.82 Å². The maximum Gasteiger partial charge on any atom is 0.131 e. The molecule has 0 bridgehead atoms. The Morgan fingerprint density at radius 2 is 2.00 bits per heavy atom. The van der Waals surface area contributed by atoms with Crippen LogP contribution in [0.3, 0.4) is 0 Å². The summed E-state index contributed by atoms with van der Waals surface area (Å²) in [5.41, 5.74) is 7.97. The summed E-state index contributed by atoms with van der Waals surface area (Å²) in [6.07, 6.45) is 1.90. The molecular formula is C13H21N3. The summed E-state index contributed by atoms with van der Waals surface area (Å²) >= 11 is 0. The zero-order valence-corrected chi connectivity index (χ0v) is 10.4. The van der Waals surface area contributed by atoms with Crippen LogP contribution in [0, 0.1) is 18.8 Å². The van der Waals surface area contributed by atoms with Crippen LogP contribution in [0.1, 0.15) is 25.0 Å². The van der Waals surface area contributed by atoms with Crippen molar-refractivity contribution in [3.05, 3.63) is 23.4 Å². The van der Waals surface area contributed by atoms with Crippen molar-refractivity contribution in [3.8, 4) is 0 Å². The minimum absolute atomic E-state index is 0.570. The normalized spacial score (nSPS) is 25.1. The molecule has 0 aliphatic carbocycles. The molecular weight excluding hydrogens is 198 g/mol. The third kappa shape index (κ3) is 2.05. The molecule has 1 aliphatic rings. The third-order valence-corrected chi connectivity index (χ3v) is 3.63. The third-order valence-electron chi connectivity index (χ3n) is 3.63. The maximum atomic E-state index is 5.61. The van der Waals surface area contributed by atoms with Crippen molar-refractivity contribution in [2.45, 2.75) is 27.3 Å². The van der Waals surface area contributed by atoms with Gasteiger partial charge in [0.25, 0.3) is 0 Å². The van der Waals surface area contributed by atoms with Crippen LogP contribution in [0.5, 0.6) is 0 Å². The molecule has 2 rings (SSSR count). The lowest BCUT2D eigenvalue weighted by Gasteiger charge is -2.19. The molecule has 1 aromatic rings. The average molecular weight is 219 g/mol. The number of hydrogen-bond acceptors (Lipinski definition) is 3. The van der Waals surface area contributed by atoms with E-state index in [4.69, 9.17) is 5.73 Å². The van der Waals surface area contributed by atoms with E-state index < -0.39 is 0 Å². The molecule has 16 heavy (non-hydrogen) atoms. The molecule has 0 aromatic carbocycles. The van der Waals surface area contributed by atoms with Crippen LogP contribution in [0.15, 0.2) is 12.3 Å². The fraction of sp³-hybridized carbons (Fsp3) is 0.615. The summed E-state index contributed by atoms with van der Waals surface area (Å²) in [5.74, 6) is 2.65. The first-order valence-electron chi connectivity index (χ1n) is 6.02. The Bertz CT molecular complexity index is 365. The molecule has 2 unspecified atom stereocenters. The van der Waals surface area contributed by atoms with E-state index in [9.17, 15) is 0 Å². The van der Waals surface area contributed by atoms with Gasteiger partial charge in [-0.05, 0) is 36.0 Å². The zero-order valence-electron chi connectivity index (χ0n) is 10.4. The number of aromatic nitrogens is 1. The molecule has 2 heterocycles. The molecule has 2 N–H and O–H groups in total. The van der Waals surface area contributed by atoms with Crippen molar-refractivity contribution >= 4 is 5.82 Å². The van der Waals surface area contributed by atoms with E-state index in [2.05, 4.69) is 36.7 Å². The topological polar surface area (TPSA) is 42.1 Å². The Balaban J connectivity index is 2.22. The van der Waals surface area contributed by atoms with Gasteiger partial charge in [0.1, 0.15) is 5.82 Å². The minimum atomic E-state index is 0.570. The standard InChI is InChI=1S/C13H21N3/c1-9-4-12(5-14)6-15-13(9)16-7-10(2)11(3)8-16/h4,6,10-11H,5,7-8,14H2,1-3H3. The van der Waals surface area contributed by atoms with Crippen molar-refractivity contribution in [2.24, 2.45) is 17.6 Å². The van der Waals surface area contributed by atoms with Gasteiger partial charge >= 0.3 is 0 Å². The fourth-order valence-corrected chi connectivity index (χ4v) is 2.37. The number of rotatable bonds is 2. The highest BCUT2D eigenvalue weighted by Crippen LogP contribution is 2.28. The summed E-state index contributed by atoms with van der Waals surface area (Å²) in [6.45, 7) is 9.56. The number of hydrogen-bond donors (Lipinski definition) is 1. The minimum Gasteiger partial charge on any atom is -0.356 e. The number of aryl methyl sites for hydroxylation is 1. The molecule has 1 aliphatic heterocycles. The Labute approximate surface area is 97.7 Å². The van der Waals surface area contributed by atoms with Gasteiger partial charge in [-0.1, -0.05) is 13.8 Å². The zero-order chi connectivity index (χ0) is 11.7. The number of nitrogens with two attached hydrogens (primary N) is 1. The first kappa shape index (κ1) is 11.4. The predicted molar refractivity (Wildman–Crippen MR) is 67.4 cm³/mol. The molecule has 1 fully saturated rings. The maximum absolute atomic E-state index is 5.61. The second-order valence-corrected chi connectivity index (χ2v) is 5.05. The first-order valence-corrected chi connectivity index (χ1v) is 6.02. The van der Waals surface area contributed by atoms with Crippen LogP contribution in [-0.2, 0) is 6.54 Å². The van der Waals surface area contributed by atoms with Crippen LogP contribution >= 0.6 is 0 Å². The van der Waals surface area contributed by atoms with Crippen molar-refractivity contribution in [1.82, 2.24) is 4.98 Å². The van der Waals surface area contributed by atoms with E-state index in [-0.39, 0.29) is 0 Å². The van der Waals surface area contributed by atoms with Gasteiger partial charge in [0.2, 0.25) is 0 Å². The van der Waals surface area contributed by atoms with Crippen LogP contribution < -0.4 is 10.6 Å². The highest BCUT2D eigenvalue weighted by Gasteiger charge is 2.27. The molecule has 2 atom stereocenters. The lowest BCUT2D eigenvalue weighted by atomic mass is 10.0. The number of nitrogens with zero attached hydrogens (tertiary/aromatic N) is 2. The molecule has 1 aromatic heterocycles. The SMILES string of the molecule is Cc1cc(CN)cnc1N1CC(C)C(C)C1. The lowest BCUT2D eigenvalue weighted by Crippen LogP contribution is -2.22. The molecule has 88 valence electrons. The highest BCUT2D eigenvalue weighted by molar-refractivity contribution is 5.48. The number of anilines is 1. The Morgan fingerprint density at radius 1 is 1.38 bits per heavy atom. The van der Waals surface area contributed by atoms with Gasteiger partial charge in [-0.2, -0.15) is 0 Å². The van der Waals surface area contributed by atoms with Crippen LogP contribution in [0.2, 0.25) is 0 Å². The highest BCUT2D eigenvalue weighted by atomic mass is 15.2. The lowest BCUT2D eigenvalue weighted by molar-refractivity contribution is 0.494. The van der Waals surface area contributed by atoms with Gasteiger partial charge in [0, 0.05) is 25.8 Å². The average Bonchev–Trinajstić information content (AvgIpc) is 2.58.